The van der Waals surface area contributed by atoms with Crippen molar-refractivity contribution in [1.29, 1.82) is 0 Å². The van der Waals surface area contributed by atoms with Gasteiger partial charge in [-0.2, -0.15) is 0 Å². The van der Waals surface area contributed by atoms with Gasteiger partial charge in [0.2, 0.25) is 5.91 Å². The number of nitrogens with two attached hydrogens (primary N) is 2. The largest absolute Gasteiger partial charge is 0.397 e. The van der Waals surface area contributed by atoms with E-state index >= 15 is 0 Å². The van der Waals surface area contributed by atoms with E-state index < -0.39 is 5.91 Å². The number of aromatic nitrogens is 1. The first-order chi connectivity index (χ1) is 8.56. The quantitative estimate of drug-likeness (QED) is 0.715. The third-order valence-corrected chi connectivity index (χ3v) is 2.53. The van der Waals surface area contributed by atoms with Crippen molar-refractivity contribution in [2.45, 2.75) is 6.92 Å². The van der Waals surface area contributed by atoms with Crippen molar-refractivity contribution in [2.24, 2.45) is 5.73 Å². The lowest BCUT2D eigenvalue weighted by Gasteiger charge is -2.10. The summed E-state index contributed by atoms with van der Waals surface area (Å²) in [5, 5.41) is 3.13. The molecule has 18 heavy (non-hydrogen) atoms. The minimum Gasteiger partial charge on any atom is -0.397 e. The van der Waals surface area contributed by atoms with Gasteiger partial charge in [-0.05, 0) is 37.3 Å². The number of carbonyl (C=O) groups is 1. The van der Waals surface area contributed by atoms with E-state index in [-0.39, 0.29) is 0 Å². The van der Waals surface area contributed by atoms with Crippen molar-refractivity contribution in [3.05, 3.63) is 47.8 Å². The summed E-state index contributed by atoms with van der Waals surface area (Å²) in [6.45, 7) is 1.92. The number of anilines is 3. The van der Waals surface area contributed by atoms with E-state index in [4.69, 9.17) is 11.5 Å². The molecule has 0 aliphatic heterocycles. The maximum atomic E-state index is 11.0. The molecule has 0 aliphatic rings. The summed E-state index contributed by atoms with van der Waals surface area (Å²) in [7, 11) is 0. The van der Waals surface area contributed by atoms with Crippen LogP contribution in [-0.2, 0) is 0 Å². The van der Waals surface area contributed by atoms with Gasteiger partial charge >= 0.3 is 0 Å². The Bertz CT molecular complexity index is 578. The fraction of sp³-hybridized carbons (Fsp3) is 0.0769. The highest BCUT2D eigenvalue weighted by Gasteiger charge is 2.05. The van der Waals surface area contributed by atoms with Crippen molar-refractivity contribution in [2.75, 3.05) is 11.1 Å². The molecule has 0 spiro atoms. The summed E-state index contributed by atoms with van der Waals surface area (Å²) in [5.74, 6) is -0.495. The Morgan fingerprint density at radius 2 is 2.06 bits per heavy atom. The van der Waals surface area contributed by atoms with Crippen LogP contribution in [0.2, 0.25) is 0 Å². The zero-order valence-corrected chi connectivity index (χ0v) is 9.97. The van der Waals surface area contributed by atoms with E-state index in [9.17, 15) is 4.79 Å². The SMILES string of the molecule is Cc1ccc(Nc2ccc(C(N)=O)cc2N)cn1. The lowest BCUT2D eigenvalue weighted by molar-refractivity contribution is 0.100. The summed E-state index contributed by atoms with van der Waals surface area (Å²) in [6.07, 6.45) is 1.72. The summed E-state index contributed by atoms with van der Waals surface area (Å²) in [6, 6.07) is 8.70. The number of amides is 1. The molecule has 0 saturated heterocycles. The first-order valence-electron chi connectivity index (χ1n) is 5.45. The molecule has 0 bridgehead atoms. The van der Waals surface area contributed by atoms with Crippen LogP contribution in [0.15, 0.2) is 36.5 Å². The number of hydrogen-bond acceptors (Lipinski definition) is 4. The number of carbonyl (C=O) groups excluding carboxylic acids is 1. The van der Waals surface area contributed by atoms with Crippen LogP contribution >= 0.6 is 0 Å². The molecule has 5 N–H and O–H groups in total. The third-order valence-electron chi connectivity index (χ3n) is 2.53. The first kappa shape index (κ1) is 11.9. The molecule has 0 atom stereocenters. The molecule has 1 aromatic carbocycles. The van der Waals surface area contributed by atoms with E-state index in [1.54, 1.807) is 24.4 Å². The highest BCUT2D eigenvalue weighted by Crippen LogP contribution is 2.23. The Labute approximate surface area is 105 Å². The second kappa shape index (κ2) is 4.75. The maximum Gasteiger partial charge on any atom is 0.248 e. The van der Waals surface area contributed by atoms with E-state index in [1.165, 1.54) is 0 Å². The Hall–Kier alpha value is -2.56. The van der Waals surface area contributed by atoms with E-state index in [2.05, 4.69) is 10.3 Å². The highest BCUT2D eigenvalue weighted by molar-refractivity contribution is 5.95. The minimum absolute atomic E-state index is 0.389. The Morgan fingerprint density at radius 1 is 1.28 bits per heavy atom. The zero-order valence-electron chi connectivity index (χ0n) is 9.97. The molecule has 0 unspecified atom stereocenters. The molecule has 0 fully saturated rings. The van der Waals surface area contributed by atoms with Gasteiger partial charge in [0.15, 0.2) is 0 Å². The van der Waals surface area contributed by atoms with Gasteiger partial charge in [-0.15, -0.1) is 0 Å². The van der Waals surface area contributed by atoms with Crippen molar-refractivity contribution >= 4 is 23.0 Å². The summed E-state index contributed by atoms with van der Waals surface area (Å²) in [4.78, 5) is 15.2. The number of hydrogen-bond donors (Lipinski definition) is 3. The van der Waals surface area contributed by atoms with E-state index in [0.717, 1.165) is 11.4 Å². The van der Waals surface area contributed by atoms with Crippen LogP contribution in [-0.4, -0.2) is 10.9 Å². The molecule has 2 rings (SSSR count). The summed E-state index contributed by atoms with van der Waals surface area (Å²) >= 11 is 0. The Balaban J connectivity index is 2.24. The molecule has 0 radical (unpaired) electrons. The van der Waals surface area contributed by atoms with Gasteiger partial charge in [0.1, 0.15) is 0 Å². The van der Waals surface area contributed by atoms with Gasteiger partial charge in [0.25, 0.3) is 0 Å². The predicted molar refractivity (Wildman–Crippen MR) is 71.6 cm³/mol. The number of nitrogens with one attached hydrogen (secondary N) is 1. The van der Waals surface area contributed by atoms with Crippen molar-refractivity contribution in [1.82, 2.24) is 4.98 Å². The molecule has 2 aromatic rings. The zero-order chi connectivity index (χ0) is 13.1. The summed E-state index contributed by atoms with van der Waals surface area (Å²) in [5.41, 5.74) is 14.4. The molecule has 5 heteroatoms. The van der Waals surface area contributed by atoms with Crippen LogP contribution in [0.4, 0.5) is 17.1 Å². The number of pyridine rings is 1. The fourth-order valence-corrected chi connectivity index (χ4v) is 1.53. The average Bonchev–Trinajstić information content (AvgIpc) is 2.34. The minimum atomic E-state index is -0.495. The molecular formula is C13H14N4O. The highest BCUT2D eigenvalue weighted by atomic mass is 16.1. The molecule has 1 heterocycles. The van der Waals surface area contributed by atoms with Crippen LogP contribution in [0.3, 0.4) is 0 Å². The van der Waals surface area contributed by atoms with Gasteiger partial charge in [-0.1, -0.05) is 0 Å². The lowest BCUT2D eigenvalue weighted by Crippen LogP contribution is -2.11. The van der Waals surface area contributed by atoms with Gasteiger partial charge in [-0.25, -0.2) is 0 Å². The van der Waals surface area contributed by atoms with Crippen LogP contribution in [0, 0.1) is 6.92 Å². The van der Waals surface area contributed by atoms with Crippen molar-refractivity contribution in [3.63, 3.8) is 0 Å². The Morgan fingerprint density at radius 3 is 2.61 bits per heavy atom. The fourth-order valence-electron chi connectivity index (χ4n) is 1.53. The number of benzene rings is 1. The second-order valence-electron chi connectivity index (χ2n) is 3.98. The maximum absolute atomic E-state index is 11.0. The van der Waals surface area contributed by atoms with Crippen LogP contribution in [0.1, 0.15) is 16.1 Å². The standard InChI is InChI=1S/C13H14N4O/c1-8-2-4-10(7-16-8)17-12-5-3-9(13(15)18)6-11(12)14/h2-7,17H,14H2,1H3,(H2,15,18). The lowest BCUT2D eigenvalue weighted by atomic mass is 10.1. The smallest absolute Gasteiger partial charge is 0.248 e. The van der Waals surface area contributed by atoms with Crippen LogP contribution in [0.25, 0.3) is 0 Å². The number of nitrogen functional groups attached to an aromatic ring is 1. The van der Waals surface area contributed by atoms with Gasteiger partial charge in [0.05, 0.1) is 23.3 Å². The van der Waals surface area contributed by atoms with Crippen molar-refractivity contribution in [3.8, 4) is 0 Å². The topological polar surface area (TPSA) is 94.0 Å². The summed E-state index contributed by atoms with van der Waals surface area (Å²) < 4.78 is 0. The predicted octanol–water partition coefficient (Wildman–Crippen LogP) is 1.81. The average molecular weight is 242 g/mol. The number of aryl methyl sites for hydroxylation is 1. The monoisotopic (exact) mass is 242 g/mol. The molecule has 1 aromatic heterocycles. The molecule has 1 amide bonds. The molecule has 0 aliphatic carbocycles. The first-order valence-corrected chi connectivity index (χ1v) is 5.45. The molecule has 5 nitrogen and oxygen atoms in total. The second-order valence-corrected chi connectivity index (χ2v) is 3.98. The van der Waals surface area contributed by atoms with Gasteiger partial charge in [-0.3, -0.25) is 9.78 Å². The number of primary amides is 1. The van der Waals surface area contributed by atoms with Gasteiger partial charge < -0.3 is 16.8 Å². The molecular weight excluding hydrogens is 228 g/mol. The van der Waals surface area contributed by atoms with E-state index in [0.29, 0.717) is 16.9 Å². The van der Waals surface area contributed by atoms with E-state index in [1.807, 2.05) is 19.1 Å². The number of rotatable bonds is 3. The van der Waals surface area contributed by atoms with Crippen LogP contribution < -0.4 is 16.8 Å². The number of nitrogens with zero attached hydrogens (tertiary/aromatic N) is 1. The molecule has 92 valence electrons. The van der Waals surface area contributed by atoms with Gasteiger partial charge in [0, 0.05) is 11.3 Å². The third kappa shape index (κ3) is 2.57. The van der Waals surface area contributed by atoms with Crippen LogP contribution in [0.5, 0.6) is 0 Å². The van der Waals surface area contributed by atoms with Crippen molar-refractivity contribution < 1.29 is 4.79 Å². The molecule has 0 saturated carbocycles. The normalized spacial score (nSPS) is 10.1. The Kier molecular flexibility index (Phi) is 3.14.